The second-order valence-corrected chi connectivity index (χ2v) is 5.68. The number of carboxylic acids is 1. The molecule has 0 aromatic rings. The van der Waals surface area contributed by atoms with Crippen LogP contribution in [-0.4, -0.2) is 41.0 Å². The lowest BCUT2D eigenvalue weighted by atomic mass is 9.85. The molecule has 2 amide bonds. The molecule has 4 atom stereocenters. The Kier molecular flexibility index (Phi) is 4.59. The third-order valence-electron chi connectivity index (χ3n) is 4.20. The van der Waals surface area contributed by atoms with Gasteiger partial charge in [0.25, 0.3) is 0 Å². The summed E-state index contributed by atoms with van der Waals surface area (Å²) in [6.07, 6.45) is 4.89. The lowest BCUT2D eigenvalue weighted by molar-refractivity contribution is -0.143. The van der Waals surface area contributed by atoms with E-state index < -0.39 is 17.9 Å². The second kappa shape index (κ2) is 6.21. The van der Waals surface area contributed by atoms with Gasteiger partial charge in [0.15, 0.2) is 0 Å². The molecule has 5 N–H and O–H groups in total. The Hall–Kier alpha value is -1.63. The standard InChI is InChI=1S/C13H21N3O4/c14-11(17)6-10(13(19)20)16-12(18)9-5-7-3-1-2-4-8(7)15-9/h7-10,15H,1-6H2,(H2,14,17)(H,16,18)(H,19,20)/t7?,8?,9?,10-/m1/s1. The topological polar surface area (TPSA) is 122 Å². The predicted octanol–water partition coefficient (Wildman–Crippen LogP) is -0.648. The van der Waals surface area contributed by atoms with E-state index >= 15 is 0 Å². The molecule has 0 bridgehead atoms. The number of nitrogens with two attached hydrogens (primary N) is 1. The fraction of sp³-hybridized carbons (Fsp3) is 0.769. The van der Waals surface area contributed by atoms with Gasteiger partial charge in [0.1, 0.15) is 6.04 Å². The quantitative estimate of drug-likeness (QED) is 0.534. The summed E-state index contributed by atoms with van der Waals surface area (Å²) in [7, 11) is 0. The van der Waals surface area contributed by atoms with Crippen molar-refractivity contribution in [2.75, 3.05) is 0 Å². The Labute approximate surface area is 117 Å². The third kappa shape index (κ3) is 3.47. The van der Waals surface area contributed by atoms with Crippen LogP contribution in [0.1, 0.15) is 38.5 Å². The monoisotopic (exact) mass is 283 g/mol. The molecule has 112 valence electrons. The first kappa shape index (κ1) is 14.8. The molecule has 0 aromatic heterocycles. The van der Waals surface area contributed by atoms with Gasteiger partial charge in [-0.2, -0.15) is 0 Å². The van der Waals surface area contributed by atoms with Crippen LogP contribution >= 0.6 is 0 Å². The molecule has 1 aliphatic carbocycles. The van der Waals surface area contributed by atoms with E-state index in [1.165, 1.54) is 12.8 Å². The number of carbonyl (C=O) groups is 3. The van der Waals surface area contributed by atoms with E-state index in [0.29, 0.717) is 12.0 Å². The summed E-state index contributed by atoms with van der Waals surface area (Å²) in [4.78, 5) is 33.9. The average molecular weight is 283 g/mol. The number of hydrogen-bond donors (Lipinski definition) is 4. The van der Waals surface area contributed by atoms with E-state index in [0.717, 1.165) is 19.3 Å². The summed E-state index contributed by atoms with van der Waals surface area (Å²) in [6, 6.07) is -1.25. The number of carbonyl (C=O) groups excluding carboxylic acids is 2. The maximum atomic E-state index is 12.1. The van der Waals surface area contributed by atoms with Gasteiger partial charge < -0.3 is 21.5 Å². The van der Waals surface area contributed by atoms with Gasteiger partial charge in [-0.1, -0.05) is 12.8 Å². The van der Waals surface area contributed by atoms with Crippen molar-refractivity contribution in [1.82, 2.24) is 10.6 Å². The first-order valence-corrected chi connectivity index (χ1v) is 7.05. The largest absolute Gasteiger partial charge is 0.480 e. The smallest absolute Gasteiger partial charge is 0.326 e. The molecular formula is C13H21N3O4. The molecule has 7 heteroatoms. The second-order valence-electron chi connectivity index (χ2n) is 5.68. The Morgan fingerprint density at radius 1 is 1.30 bits per heavy atom. The number of carboxylic acid groups (broad SMARTS) is 1. The Morgan fingerprint density at radius 2 is 2.00 bits per heavy atom. The minimum atomic E-state index is -1.25. The van der Waals surface area contributed by atoms with Crippen molar-refractivity contribution < 1.29 is 19.5 Å². The van der Waals surface area contributed by atoms with E-state index in [-0.39, 0.29) is 18.4 Å². The molecule has 0 radical (unpaired) electrons. The van der Waals surface area contributed by atoms with Crippen molar-refractivity contribution in [2.24, 2.45) is 11.7 Å². The maximum Gasteiger partial charge on any atom is 0.326 e. The molecule has 1 saturated heterocycles. The summed E-state index contributed by atoms with van der Waals surface area (Å²) < 4.78 is 0. The highest BCUT2D eigenvalue weighted by Crippen LogP contribution is 2.33. The molecule has 2 aliphatic rings. The molecule has 7 nitrogen and oxygen atoms in total. The average Bonchev–Trinajstić information content (AvgIpc) is 2.81. The fourth-order valence-corrected chi connectivity index (χ4v) is 3.19. The van der Waals surface area contributed by atoms with E-state index in [1.807, 2.05) is 0 Å². The first-order valence-electron chi connectivity index (χ1n) is 7.05. The summed E-state index contributed by atoms with van der Waals surface area (Å²) in [5.74, 6) is -1.84. The summed E-state index contributed by atoms with van der Waals surface area (Å²) in [5.41, 5.74) is 4.99. The van der Waals surface area contributed by atoms with Crippen LogP contribution in [0.2, 0.25) is 0 Å². The van der Waals surface area contributed by atoms with Gasteiger partial charge in [0.05, 0.1) is 12.5 Å². The summed E-state index contributed by atoms with van der Waals surface area (Å²) >= 11 is 0. The molecule has 2 fully saturated rings. The van der Waals surface area contributed by atoms with Crippen LogP contribution in [0.4, 0.5) is 0 Å². The number of primary amides is 1. The fourth-order valence-electron chi connectivity index (χ4n) is 3.19. The molecule has 0 aromatic carbocycles. The number of fused-ring (bicyclic) bond motifs is 1. The molecule has 20 heavy (non-hydrogen) atoms. The zero-order valence-corrected chi connectivity index (χ0v) is 11.3. The van der Waals surface area contributed by atoms with Crippen LogP contribution < -0.4 is 16.4 Å². The van der Waals surface area contributed by atoms with E-state index in [4.69, 9.17) is 10.8 Å². The van der Waals surface area contributed by atoms with Crippen LogP contribution in [-0.2, 0) is 14.4 Å². The SMILES string of the molecule is NC(=O)C[C@@H](NC(=O)C1CC2CCCCC2N1)C(=O)O. The molecule has 0 spiro atoms. The molecule has 2 rings (SSSR count). The molecule has 3 unspecified atom stereocenters. The van der Waals surface area contributed by atoms with Crippen LogP contribution in [0.5, 0.6) is 0 Å². The minimum absolute atomic E-state index is 0.354. The molecule has 1 heterocycles. The first-order chi connectivity index (χ1) is 9.47. The highest BCUT2D eigenvalue weighted by Gasteiger charge is 2.39. The molecular weight excluding hydrogens is 262 g/mol. The lowest BCUT2D eigenvalue weighted by Gasteiger charge is -2.24. The Morgan fingerprint density at radius 3 is 2.60 bits per heavy atom. The van der Waals surface area contributed by atoms with Gasteiger partial charge in [-0.15, -0.1) is 0 Å². The third-order valence-corrected chi connectivity index (χ3v) is 4.20. The van der Waals surface area contributed by atoms with Crippen molar-refractivity contribution >= 4 is 17.8 Å². The van der Waals surface area contributed by atoms with Crippen LogP contribution in [0.15, 0.2) is 0 Å². The highest BCUT2D eigenvalue weighted by molar-refractivity contribution is 5.90. The highest BCUT2D eigenvalue weighted by atomic mass is 16.4. The molecule has 1 saturated carbocycles. The van der Waals surface area contributed by atoms with E-state index in [2.05, 4.69) is 10.6 Å². The van der Waals surface area contributed by atoms with Crippen molar-refractivity contribution in [1.29, 1.82) is 0 Å². The van der Waals surface area contributed by atoms with Gasteiger partial charge in [0.2, 0.25) is 11.8 Å². The van der Waals surface area contributed by atoms with Crippen LogP contribution in [0, 0.1) is 5.92 Å². The van der Waals surface area contributed by atoms with Crippen LogP contribution in [0.25, 0.3) is 0 Å². The Balaban J connectivity index is 1.90. The summed E-state index contributed by atoms with van der Waals surface area (Å²) in [6.45, 7) is 0. The number of hydrogen-bond acceptors (Lipinski definition) is 4. The van der Waals surface area contributed by atoms with Gasteiger partial charge in [-0.25, -0.2) is 4.79 Å². The number of nitrogens with one attached hydrogen (secondary N) is 2. The van der Waals surface area contributed by atoms with Crippen molar-refractivity contribution in [3.63, 3.8) is 0 Å². The maximum absolute atomic E-state index is 12.1. The van der Waals surface area contributed by atoms with Crippen molar-refractivity contribution in [3.8, 4) is 0 Å². The molecule has 1 aliphatic heterocycles. The predicted molar refractivity (Wildman–Crippen MR) is 70.7 cm³/mol. The van der Waals surface area contributed by atoms with Crippen molar-refractivity contribution in [2.45, 2.75) is 56.7 Å². The summed E-state index contributed by atoms with van der Waals surface area (Å²) in [5, 5.41) is 14.6. The lowest BCUT2D eigenvalue weighted by Crippen LogP contribution is -2.50. The zero-order valence-electron chi connectivity index (χ0n) is 11.3. The number of aliphatic carboxylic acids is 1. The normalized spacial score (nSPS) is 30.3. The number of rotatable bonds is 5. The number of amides is 2. The minimum Gasteiger partial charge on any atom is -0.480 e. The van der Waals surface area contributed by atoms with E-state index in [1.54, 1.807) is 0 Å². The van der Waals surface area contributed by atoms with Gasteiger partial charge in [-0.05, 0) is 25.2 Å². The van der Waals surface area contributed by atoms with Gasteiger partial charge >= 0.3 is 5.97 Å². The van der Waals surface area contributed by atoms with Gasteiger partial charge in [-0.3, -0.25) is 9.59 Å². The van der Waals surface area contributed by atoms with Crippen LogP contribution in [0.3, 0.4) is 0 Å². The van der Waals surface area contributed by atoms with E-state index in [9.17, 15) is 14.4 Å². The van der Waals surface area contributed by atoms with Crippen molar-refractivity contribution in [3.05, 3.63) is 0 Å². The zero-order chi connectivity index (χ0) is 14.7. The Bertz CT molecular complexity index is 398. The van der Waals surface area contributed by atoms with Gasteiger partial charge in [0, 0.05) is 6.04 Å².